The van der Waals surface area contributed by atoms with Crippen LogP contribution in [0.5, 0.6) is 0 Å². The molecule has 0 amide bonds. The number of benzene rings is 1. The third-order valence-electron chi connectivity index (χ3n) is 2.39. The number of nitrogens with one attached hydrogen (secondary N) is 1. The van der Waals surface area contributed by atoms with Crippen molar-refractivity contribution in [1.29, 1.82) is 0 Å². The topological polar surface area (TPSA) is 38.3 Å². The van der Waals surface area contributed by atoms with Crippen LogP contribution in [0.15, 0.2) is 22.7 Å². The maximum Gasteiger partial charge on any atom is 0.313 e. The highest BCUT2D eigenvalue weighted by Gasteiger charge is 2.28. The van der Waals surface area contributed by atoms with Crippen molar-refractivity contribution in [1.82, 2.24) is 0 Å². The molecule has 0 aromatic heterocycles. The minimum atomic E-state index is -0.666. The maximum absolute atomic E-state index is 13.0. The summed E-state index contributed by atoms with van der Waals surface area (Å²) >= 11 is 3.31. The second kappa shape index (κ2) is 5.49. The molecule has 1 aromatic rings. The predicted molar refractivity (Wildman–Crippen MR) is 68.4 cm³/mol. The summed E-state index contributed by atoms with van der Waals surface area (Å²) in [6.07, 6.45) is 0. The van der Waals surface area contributed by atoms with Crippen LogP contribution in [0.4, 0.5) is 10.1 Å². The van der Waals surface area contributed by atoms with Gasteiger partial charge in [0.05, 0.1) is 18.2 Å². The van der Waals surface area contributed by atoms with Gasteiger partial charge in [0.2, 0.25) is 0 Å². The van der Waals surface area contributed by atoms with E-state index in [1.165, 1.54) is 19.2 Å². The summed E-state index contributed by atoms with van der Waals surface area (Å²) < 4.78 is 18.5. The van der Waals surface area contributed by atoms with Gasteiger partial charge in [-0.25, -0.2) is 4.39 Å². The molecule has 0 heterocycles. The molecule has 1 N–H and O–H groups in total. The van der Waals surface area contributed by atoms with Gasteiger partial charge in [0.25, 0.3) is 0 Å². The molecule has 0 radical (unpaired) electrons. The molecule has 0 fully saturated rings. The molecule has 0 atom stereocenters. The molecule has 3 nitrogen and oxygen atoms in total. The molecule has 0 aliphatic carbocycles. The van der Waals surface area contributed by atoms with Crippen molar-refractivity contribution >= 4 is 27.6 Å². The number of esters is 1. The van der Waals surface area contributed by atoms with E-state index in [4.69, 9.17) is 4.74 Å². The molecule has 94 valence electrons. The van der Waals surface area contributed by atoms with E-state index in [1.54, 1.807) is 19.9 Å². The molecule has 1 rings (SSSR count). The molecule has 0 aliphatic heterocycles. The largest absolute Gasteiger partial charge is 0.469 e. The van der Waals surface area contributed by atoms with Crippen LogP contribution in [0.25, 0.3) is 0 Å². The van der Waals surface area contributed by atoms with E-state index in [0.29, 0.717) is 12.2 Å². The van der Waals surface area contributed by atoms with E-state index >= 15 is 0 Å². The number of ether oxygens (including phenoxy) is 1. The molecule has 0 bridgehead atoms. The molecule has 0 saturated carbocycles. The summed E-state index contributed by atoms with van der Waals surface area (Å²) in [5.41, 5.74) is -0.0532. The van der Waals surface area contributed by atoms with E-state index in [1.807, 2.05) is 0 Å². The van der Waals surface area contributed by atoms with Gasteiger partial charge in [-0.15, -0.1) is 0 Å². The Bertz CT molecular complexity index is 421. The van der Waals surface area contributed by atoms with Crippen LogP contribution in [0.2, 0.25) is 0 Å². The third kappa shape index (κ3) is 3.70. The predicted octanol–water partition coefficient (Wildman–Crippen LogP) is 3.20. The van der Waals surface area contributed by atoms with Crippen LogP contribution in [0.1, 0.15) is 13.8 Å². The molecule has 5 heteroatoms. The van der Waals surface area contributed by atoms with Gasteiger partial charge in [-0.1, -0.05) is 0 Å². The minimum absolute atomic E-state index is 0.308. The fraction of sp³-hybridized carbons (Fsp3) is 0.417. The lowest BCUT2D eigenvalue weighted by molar-refractivity contribution is -0.149. The second-order valence-corrected chi connectivity index (χ2v) is 5.21. The van der Waals surface area contributed by atoms with E-state index in [9.17, 15) is 9.18 Å². The van der Waals surface area contributed by atoms with Gasteiger partial charge in [-0.05, 0) is 48.0 Å². The molecule has 0 unspecified atom stereocenters. The van der Waals surface area contributed by atoms with Gasteiger partial charge in [0.15, 0.2) is 0 Å². The Hall–Kier alpha value is -1.10. The highest BCUT2D eigenvalue weighted by molar-refractivity contribution is 9.10. The first-order chi connectivity index (χ1) is 7.86. The summed E-state index contributed by atoms with van der Waals surface area (Å²) in [6, 6.07) is 4.35. The fourth-order valence-corrected chi connectivity index (χ4v) is 1.68. The number of halogens is 2. The number of carbonyl (C=O) groups is 1. The van der Waals surface area contributed by atoms with Crippen LogP contribution >= 0.6 is 15.9 Å². The number of carbonyl (C=O) groups excluding carboxylic acids is 1. The average molecular weight is 304 g/mol. The highest BCUT2D eigenvalue weighted by Crippen LogP contribution is 2.25. The average Bonchev–Trinajstić information content (AvgIpc) is 2.29. The summed E-state index contributed by atoms with van der Waals surface area (Å²) in [4.78, 5) is 11.5. The molecular formula is C12H15BrFNO2. The van der Waals surface area contributed by atoms with Crippen LogP contribution in [0.3, 0.4) is 0 Å². The Morgan fingerprint density at radius 1 is 1.53 bits per heavy atom. The van der Waals surface area contributed by atoms with E-state index in [2.05, 4.69) is 21.2 Å². The number of hydrogen-bond donors (Lipinski definition) is 1. The summed E-state index contributed by atoms with van der Waals surface area (Å²) in [7, 11) is 1.35. The Morgan fingerprint density at radius 3 is 2.76 bits per heavy atom. The molecule has 0 aliphatic rings. The van der Waals surface area contributed by atoms with E-state index in [0.717, 1.165) is 4.47 Å². The Balaban J connectivity index is 2.73. The van der Waals surface area contributed by atoms with Crippen LogP contribution in [0, 0.1) is 11.2 Å². The number of hydrogen-bond acceptors (Lipinski definition) is 3. The Morgan fingerprint density at radius 2 is 2.18 bits per heavy atom. The maximum atomic E-state index is 13.0. The third-order valence-corrected chi connectivity index (χ3v) is 3.08. The van der Waals surface area contributed by atoms with Gasteiger partial charge in [-0.2, -0.15) is 0 Å². The second-order valence-electron chi connectivity index (χ2n) is 4.35. The molecule has 17 heavy (non-hydrogen) atoms. The zero-order valence-electron chi connectivity index (χ0n) is 10.0. The highest BCUT2D eigenvalue weighted by atomic mass is 79.9. The lowest BCUT2D eigenvalue weighted by Gasteiger charge is -2.22. The molecule has 1 aromatic carbocycles. The lowest BCUT2D eigenvalue weighted by atomic mass is 9.93. The van der Waals surface area contributed by atoms with Gasteiger partial charge in [0, 0.05) is 11.0 Å². The van der Waals surface area contributed by atoms with Crippen molar-refractivity contribution in [2.24, 2.45) is 5.41 Å². The first kappa shape index (κ1) is 14.0. The van der Waals surface area contributed by atoms with E-state index in [-0.39, 0.29) is 11.8 Å². The van der Waals surface area contributed by atoms with Crippen LogP contribution in [-0.2, 0) is 9.53 Å². The normalized spacial score (nSPS) is 11.1. The molecule has 0 saturated heterocycles. The Labute approximate surface area is 108 Å². The zero-order chi connectivity index (χ0) is 13.1. The van der Waals surface area contributed by atoms with Gasteiger partial charge < -0.3 is 10.1 Å². The molecule has 0 spiro atoms. The van der Waals surface area contributed by atoms with Crippen molar-refractivity contribution < 1.29 is 13.9 Å². The SMILES string of the molecule is COC(=O)C(C)(C)CNc1cc(F)ccc1Br. The van der Waals surface area contributed by atoms with Crippen molar-refractivity contribution in [2.45, 2.75) is 13.8 Å². The number of rotatable bonds is 4. The quantitative estimate of drug-likeness (QED) is 0.868. The van der Waals surface area contributed by atoms with Crippen molar-refractivity contribution in [3.05, 3.63) is 28.5 Å². The monoisotopic (exact) mass is 303 g/mol. The van der Waals surface area contributed by atoms with Crippen molar-refractivity contribution in [3.63, 3.8) is 0 Å². The van der Waals surface area contributed by atoms with Gasteiger partial charge >= 0.3 is 5.97 Å². The van der Waals surface area contributed by atoms with Crippen LogP contribution in [-0.4, -0.2) is 19.6 Å². The first-order valence-electron chi connectivity index (χ1n) is 5.14. The van der Waals surface area contributed by atoms with Gasteiger partial charge in [0.1, 0.15) is 5.82 Å². The summed E-state index contributed by atoms with van der Waals surface area (Å²) in [5.74, 6) is -0.635. The van der Waals surface area contributed by atoms with Crippen molar-refractivity contribution in [2.75, 3.05) is 19.0 Å². The fourth-order valence-electron chi connectivity index (χ4n) is 1.30. The standard InChI is InChI=1S/C12H15BrFNO2/c1-12(2,11(16)17-3)7-15-10-6-8(14)4-5-9(10)13/h4-6,15H,7H2,1-3H3. The molecular weight excluding hydrogens is 289 g/mol. The van der Waals surface area contributed by atoms with Gasteiger partial charge in [-0.3, -0.25) is 4.79 Å². The number of methoxy groups -OCH3 is 1. The minimum Gasteiger partial charge on any atom is -0.469 e. The zero-order valence-corrected chi connectivity index (χ0v) is 11.6. The van der Waals surface area contributed by atoms with Crippen molar-refractivity contribution in [3.8, 4) is 0 Å². The number of anilines is 1. The lowest BCUT2D eigenvalue weighted by Crippen LogP contribution is -2.33. The van der Waals surface area contributed by atoms with E-state index < -0.39 is 5.41 Å². The summed E-state index contributed by atoms with van der Waals surface area (Å²) in [6.45, 7) is 3.89. The smallest absolute Gasteiger partial charge is 0.313 e. The summed E-state index contributed by atoms with van der Waals surface area (Å²) in [5, 5.41) is 3.02. The Kier molecular flexibility index (Phi) is 4.51. The first-order valence-corrected chi connectivity index (χ1v) is 5.93. The van der Waals surface area contributed by atoms with Crippen LogP contribution < -0.4 is 5.32 Å².